The number of benzene rings is 1. The summed E-state index contributed by atoms with van der Waals surface area (Å²) in [5, 5.41) is 13.8. The topological polar surface area (TPSA) is 77.4 Å². The standard InChI is InChI=1S/C30H52N6/c1-8-10-20-36(19-9-2)27(6)29(17-14-18-32-7)35-25(4)23-33-26(5)30(34-24(3)22-31)21-28-15-12-11-13-16-28/h11-13,15-16,29-30,32-35H,3-6,8-10,14,17-23,31H2,1-2,7H3. The molecule has 0 aliphatic carbocycles. The lowest BCUT2D eigenvalue weighted by atomic mass is 10.0. The minimum atomic E-state index is -0.0215. The van der Waals surface area contributed by atoms with Gasteiger partial charge >= 0.3 is 0 Å². The lowest BCUT2D eigenvalue weighted by Gasteiger charge is -2.33. The first-order valence-corrected chi connectivity index (χ1v) is 13.5. The molecule has 0 heterocycles. The third kappa shape index (κ3) is 12.3. The Morgan fingerprint density at radius 3 is 2.22 bits per heavy atom. The monoisotopic (exact) mass is 496 g/mol. The molecule has 36 heavy (non-hydrogen) atoms. The van der Waals surface area contributed by atoms with Gasteiger partial charge in [-0.3, -0.25) is 0 Å². The molecule has 0 aliphatic rings. The van der Waals surface area contributed by atoms with Crippen LogP contribution in [0.3, 0.4) is 0 Å². The van der Waals surface area contributed by atoms with E-state index in [0.717, 1.165) is 68.1 Å². The molecular formula is C30H52N6. The summed E-state index contributed by atoms with van der Waals surface area (Å²) in [5.41, 5.74) is 10.8. The van der Waals surface area contributed by atoms with Crippen LogP contribution >= 0.6 is 0 Å². The first-order valence-electron chi connectivity index (χ1n) is 13.5. The molecular weight excluding hydrogens is 444 g/mol. The molecule has 0 bridgehead atoms. The minimum absolute atomic E-state index is 0.0215. The van der Waals surface area contributed by atoms with Crippen molar-refractivity contribution in [3.63, 3.8) is 0 Å². The van der Waals surface area contributed by atoms with E-state index in [1.54, 1.807) is 0 Å². The van der Waals surface area contributed by atoms with Gasteiger partial charge in [0.05, 0.1) is 18.6 Å². The van der Waals surface area contributed by atoms with Crippen molar-refractivity contribution in [2.24, 2.45) is 5.73 Å². The normalized spacial score (nSPS) is 12.3. The van der Waals surface area contributed by atoms with Crippen molar-refractivity contribution in [2.75, 3.05) is 39.8 Å². The number of nitrogens with one attached hydrogen (secondary N) is 4. The average molecular weight is 497 g/mol. The Kier molecular flexibility index (Phi) is 16.1. The Labute approximate surface area is 221 Å². The van der Waals surface area contributed by atoms with Gasteiger partial charge in [0.25, 0.3) is 0 Å². The van der Waals surface area contributed by atoms with Gasteiger partial charge in [-0.2, -0.15) is 0 Å². The van der Waals surface area contributed by atoms with Crippen molar-refractivity contribution >= 4 is 0 Å². The zero-order valence-corrected chi connectivity index (χ0v) is 23.2. The molecule has 2 unspecified atom stereocenters. The number of rotatable bonds is 22. The van der Waals surface area contributed by atoms with Crippen molar-refractivity contribution in [2.45, 2.75) is 64.5 Å². The van der Waals surface area contributed by atoms with Crippen molar-refractivity contribution in [3.05, 3.63) is 85.0 Å². The Morgan fingerprint density at radius 1 is 0.917 bits per heavy atom. The summed E-state index contributed by atoms with van der Waals surface area (Å²) in [5.74, 6) is 0. The highest BCUT2D eigenvalue weighted by atomic mass is 15.2. The Balaban J connectivity index is 2.81. The first-order chi connectivity index (χ1) is 17.4. The molecule has 0 aromatic heterocycles. The van der Waals surface area contributed by atoms with Crippen LogP contribution in [0.25, 0.3) is 0 Å². The summed E-state index contributed by atoms with van der Waals surface area (Å²) in [6.45, 7) is 25.6. The molecule has 0 spiro atoms. The fourth-order valence-corrected chi connectivity index (χ4v) is 4.10. The molecule has 0 saturated heterocycles. The third-order valence-corrected chi connectivity index (χ3v) is 6.24. The Bertz CT molecular complexity index is 788. The van der Waals surface area contributed by atoms with E-state index in [-0.39, 0.29) is 12.1 Å². The van der Waals surface area contributed by atoms with Gasteiger partial charge in [0.1, 0.15) is 0 Å². The number of unbranched alkanes of at least 4 members (excludes halogenated alkanes) is 1. The van der Waals surface area contributed by atoms with E-state index in [1.165, 1.54) is 18.4 Å². The van der Waals surface area contributed by atoms with Crippen molar-refractivity contribution in [1.29, 1.82) is 0 Å². The molecule has 0 fully saturated rings. The van der Waals surface area contributed by atoms with Gasteiger partial charge in [-0.05, 0) is 51.3 Å². The molecule has 202 valence electrons. The van der Waals surface area contributed by atoms with Gasteiger partial charge in [0, 0.05) is 42.4 Å². The van der Waals surface area contributed by atoms with E-state index < -0.39 is 0 Å². The van der Waals surface area contributed by atoms with Crippen LogP contribution in [0.2, 0.25) is 0 Å². The summed E-state index contributed by atoms with van der Waals surface area (Å²) >= 11 is 0. The predicted octanol–water partition coefficient (Wildman–Crippen LogP) is 4.26. The number of nitrogens with zero attached hydrogens (tertiary/aromatic N) is 1. The lowest BCUT2D eigenvalue weighted by molar-refractivity contribution is 0.302. The van der Waals surface area contributed by atoms with Crippen molar-refractivity contribution in [3.8, 4) is 0 Å². The summed E-state index contributed by atoms with van der Waals surface area (Å²) in [4.78, 5) is 2.44. The van der Waals surface area contributed by atoms with Gasteiger partial charge in [0.15, 0.2) is 0 Å². The summed E-state index contributed by atoms with van der Waals surface area (Å²) < 4.78 is 0. The smallest absolute Gasteiger partial charge is 0.0691 e. The van der Waals surface area contributed by atoms with Crippen LogP contribution in [0.1, 0.15) is 51.5 Å². The fourth-order valence-electron chi connectivity index (χ4n) is 4.10. The van der Waals surface area contributed by atoms with Gasteiger partial charge in [0.2, 0.25) is 0 Å². The van der Waals surface area contributed by atoms with E-state index in [9.17, 15) is 0 Å². The third-order valence-electron chi connectivity index (χ3n) is 6.24. The summed E-state index contributed by atoms with van der Waals surface area (Å²) in [6, 6.07) is 10.5. The first kappa shape index (κ1) is 31.3. The number of hydrogen-bond donors (Lipinski definition) is 5. The molecule has 0 aliphatic heterocycles. The Hall–Kier alpha value is -2.70. The molecule has 1 aromatic carbocycles. The highest BCUT2D eigenvalue weighted by Gasteiger charge is 2.19. The molecule has 0 radical (unpaired) electrons. The SMILES string of the molecule is C=C(CN)NC(Cc1ccccc1)C(=C)NCC(=C)NC(CCCNC)C(=C)N(CCC)CCCC. The molecule has 1 aromatic rings. The molecule has 0 amide bonds. The largest absolute Gasteiger partial charge is 0.382 e. The van der Waals surface area contributed by atoms with Crippen LogP contribution in [0.4, 0.5) is 0 Å². The number of hydrogen-bond acceptors (Lipinski definition) is 6. The minimum Gasteiger partial charge on any atom is -0.382 e. The summed E-state index contributed by atoms with van der Waals surface area (Å²) in [7, 11) is 2.00. The summed E-state index contributed by atoms with van der Waals surface area (Å²) in [6.07, 6.45) is 6.32. The second-order valence-corrected chi connectivity index (χ2v) is 9.45. The van der Waals surface area contributed by atoms with E-state index in [1.807, 2.05) is 13.1 Å². The van der Waals surface area contributed by atoms with Crippen molar-refractivity contribution in [1.82, 2.24) is 26.2 Å². The maximum Gasteiger partial charge on any atom is 0.0691 e. The van der Waals surface area contributed by atoms with Crippen LogP contribution in [-0.4, -0.2) is 56.8 Å². The zero-order valence-electron chi connectivity index (χ0n) is 23.2. The van der Waals surface area contributed by atoms with Crippen LogP contribution in [0, 0.1) is 0 Å². The quantitative estimate of drug-likeness (QED) is 0.154. The second-order valence-electron chi connectivity index (χ2n) is 9.45. The molecule has 0 saturated carbocycles. The van der Waals surface area contributed by atoms with Crippen LogP contribution in [-0.2, 0) is 6.42 Å². The van der Waals surface area contributed by atoms with E-state index in [2.05, 4.69) is 90.6 Å². The highest BCUT2D eigenvalue weighted by Crippen LogP contribution is 2.16. The van der Waals surface area contributed by atoms with Crippen molar-refractivity contribution < 1.29 is 0 Å². The maximum absolute atomic E-state index is 5.79. The lowest BCUT2D eigenvalue weighted by Crippen LogP contribution is -2.42. The van der Waals surface area contributed by atoms with E-state index in [4.69, 9.17) is 5.73 Å². The van der Waals surface area contributed by atoms with Crippen LogP contribution in [0.15, 0.2) is 79.4 Å². The van der Waals surface area contributed by atoms with E-state index in [0.29, 0.717) is 13.1 Å². The van der Waals surface area contributed by atoms with Gasteiger partial charge in [-0.15, -0.1) is 0 Å². The predicted molar refractivity (Wildman–Crippen MR) is 158 cm³/mol. The van der Waals surface area contributed by atoms with E-state index >= 15 is 0 Å². The van der Waals surface area contributed by atoms with Gasteiger partial charge in [-0.25, -0.2) is 0 Å². The second kappa shape index (κ2) is 18.6. The molecule has 6 heteroatoms. The molecule has 6 N–H and O–H groups in total. The van der Waals surface area contributed by atoms with Gasteiger partial charge < -0.3 is 31.9 Å². The van der Waals surface area contributed by atoms with Gasteiger partial charge in [-0.1, -0.05) is 76.9 Å². The molecule has 2 atom stereocenters. The highest BCUT2D eigenvalue weighted by molar-refractivity contribution is 5.21. The van der Waals surface area contributed by atoms with Crippen LogP contribution in [0.5, 0.6) is 0 Å². The maximum atomic E-state index is 5.79. The Morgan fingerprint density at radius 2 is 1.61 bits per heavy atom. The molecule has 6 nitrogen and oxygen atoms in total. The average Bonchev–Trinajstić information content (AvgIpc) is 2.88. The number of nitrogens with two attached hydrogens (primary N) is 1. The fraction of sp³-hybridized carbons (Fsp3) is 0.533. The molecule has 1 rings (SSSR count). The van der Waals surface area contributed by atoms with Crippen LogP contribution < -0.4 is 27.0 Å². The zero-order chi connectivity index (χ0) is 26.8.